The van der Waals surface area contributed by atoms with Gasteiger partial charge in [0.1, 0.15) is 11.5 Å². The van der Waals surface area contributed by atoms with Crippen LogP contribution in [0.3, 0.4) is 0 Å². The maximum absolute atomic E-state index is 12.8. The number of anilines is 3. The Morgan fingerprint density at radius 3 is 2.60 bits per heavy atom. The van der Waals surface area contributed by atoms with Crippen molar-refractivity contribution in [1.82, 2.24) is 20.5 Å². The summed E-state index contributed by atoms with van der Waals surface area (Å²) in [4.78, 5) is 17.2. The minimum atomic E-state index is -0.220. The van der Waals surface area contributed by atoms with E-state index >= 15 is 0 Å². The first-order valence-electron chi connectivity index (χ1n) is 9.49. The zero-order valence-corrected chi connectivity index (χ0v) is 16.9. The van der Waals surface area contributed by atoms with Crippen LogP contribution in [-0.2, 0) is 12.8 Å². The van der Waals surface area contributed by atoms with Crippen molar-refractivity contribution in [2.24, 2.45) is 0 Å². The van der Waals surface area contributed by atoms with Gasteiger partial charge in [-0.1, -0.05) is 24.3 Å². The van der Waals surface area contributed by atoms with E-state index in [1.165, 1.54) is 11.1 Å². The van der Waals surface area contributed by atoms with Gasteiger partial charge in [0.2, 0.25) is 0 Å². The number of fused-ring (bicyclic) bond motifs is 2. The molecule has 2 aromatic heterocycles. The molecule has 1 aliphatic carbocycles. The minimum Gasteiger partial charge on any atom is -0.399 e. The van der Waals surface area contributed by atoms with E-state index in [9.17, 15) is 4.79 Å². The molecule has 152 valence electrons. The maximum atomic E-state index is 12.8. The summed E-state index contributed by atoms with van der Waals surface area (Å²) in [5.74, 6) is 0.297. The number of nitrogen functional groups attached to an aromatic ring is 1. The monoisotopic (exact) mass is 420 g/mol. The second-order valence-electron chi connectivity index (χ2n) is 7.32. The largest absolute Gasteiger partial charge is 0.399 e. The van der Waals surface area contributed by atoms with E-state index < -0.39 is 0 Å². The first-order valence-corrected chi connectivity index (χ1v) is 9.49. The van der Waals surface area contributed by atoms with Crippen molar-refractivity contribution in [3.8, 4) is 0 Å². The number of hydrogen-bond acceptors (Lipinski definition) is 5. The number of rotatable bonds is 4. The fourth-order valence-corrected chi connectivity index (χ4v) is 3.82. The van der Waals surface area contributed by atoms with Crippen molar-refractivity contribution in [3.63, 3.8) is 0 Å². The van der Waals surface area contributed by atoms with Crippen LogP contribution in [0.2, 0.25) is 0 Å². The Labute approximate surface area is 179 Å². The molecule has 2 heterocycles. The van der Waals surface area contributed by atoms with Gasteiger partial charge in [-0.2, -0.15) is 5.10 Å². The number of aromatic amines is 1. The predicted molar refractivity (Wildman–Crippen MR) is 120 cm³/mol. The highest BCUT2D eigenvalue weighted by Crippen LogP contribution is 2.23. The number of nitrogens with one attached hydrogen (secondary N) is 3. The van der Waals surface area contributed by atoms with Gasteiger partial charge in [-0.3, -0.25) is 9.89 Å². The number of benzene rings is 2. The van der Waals surface area contributed by atoms with Gasteiger partial charge in [-0.15, -0.1) is 12.4 Å². The molecule has 1 amide bonds. The van der Waals surface area contributed by atoms with Gasteiger partial charge in [0.15, 0.2) is 0 Å². The van der Waals surface area contributed by atoms with Crippen LogP contribution in [0.15, 0.2) is 60.8 Å². The van der Waals surface area contributed by atoms with Gasteiger partial charge >= 0.3 is 0 Å². The third kappa shape index (κ3) is 3.92. The number of nitrogens with zero attached hydrogens (tertiary/aromatic N) is 2. The standard InChI is InChI=1S/C22H20N6O.ClH/c23-16-9-20(22(29)26-18-7-13-3-1-2-4-14(13)8-18)27-21(10-16)25-17-6-5-15-12-24-28-19(15)11-17;/h1-6,9-12,18H,7-8H2,(H,24,28)(H,26,29)(H3,23,25,27);1H. The normalized spacial score (nSPS) is 12.9. The SMILES string of the molecule is Cl.Nc1cc(Nc2ccc3cn[nH]c3c2)nc(C(=O)NC2Cc3ccccc3C2)c1. The van der Waals surface area contributed by atoms with Crippen LogP contribution in [0.4, 0.5) is 17.2 Å². The highest BCUT2D eigenvalue weighted by Gasteiger charge is 2.23. The summed E-state index contributed by atoms with van der Waals surface area (Å²) in [6.07, 6.45) is 3.43. The van der Waals surface area contributed by atoms with E-state index in [1.807, 2.05) is 30.3 Å². The van der Waals surface area contributed by atoms with Gasteiger partial charge < -0.3 is 16.4 Å². The molecule has 0 saturated heterocycles. The highest BCUT2D eigenvalue weighted by molar-refractivity contribution is 5.94. The topological polar surface area (TPSA) is 109 Å². The Morgan fingerprint density at radius 1 is 1.07 bits per heavy atom. The summed E-state index contributed by atoms with van der Waals surface area (Å²) in [5, 5.41) is 14.3. The quantitative estimate of drug-likeness (QED) is 0.403. The van der Waals surface area contributed by atoms with Gasteiger partial charge in [0.05, 0.1) is 11.7 Å². The molecule has 0 spiro atoms. The van der Waals surface area contributed by atoms with Gasteiger partial charge in [0.25, 0.3) is 5.91 Å². The third-order valence-electron chi connectivity index (χ3n) is 5.18. The highest BCUT2D eigenvalue weighted by atomic mass is 35.5. The predicted octanol–water partition coefficient (Wildman–Crippen LogP) is 3.60. The van der Waals surface area contributed by atoms with Gasteiger partial charge in [0, 0.05) is 28.9 Å². The van der Waals surface area contributed by atoms with E-state index in [-0.39, 0.29) is 24.4 Å². The van der Waals surface area contributed by atoms with Gasteiger partial charge in [-0.25, -0.2) is 4.98 Å². The molecule has 5 rings (SSSR count). The molecule has 8 heteroatoms. The molecule has 7 nitrogen and oxygen atoms in total. The summed E-state index contributed by atoms with van der Waals surface area (Å²) in [7, 11) is 0. The van der Waals surface area contributed by atoms with Crippen LogP contribution in [0.5, 0.6) is 0 Å². The molecule has 0 fully saturated rings. The fourth-order valence-electron chi connectivity index (χ4n) is 3.82. The Balaban J connectivity index is 0.00000218. The second kappa shape index (κ2) is 8.04. The molecule has 0 unspecified atom stereocenters. The van der Waals surface area contributed by atoms with Gasteiger partial charge in [-0.05, 0) is 48.2 Å². The van der Waals surface area contributed by atoms with Crippen molar-refractivity contribution < 1.29 is 4.79 Å². The van der Waals surface area contributed by atoms with Crippen LogP contribution in [0, 0.1) is 0 Å². The Morgan fingerprint density at radius 2 is 1.83 bits per heavy atom. The number of amides is 1. The number of pyridine rings is 1. The Kier molecular flexibility index (Phi) is 5.29. The zero-order chi connectivity index (χ0) is 19.8. The number of carbonyl (C=O) groups is 1. The van der Waals surface area contributed by atoms with Crippen LogP contribution < -0.4 is 16.4 Å². The summed E-state index contributed by atoms with van der Waals surface area (Å²) >= 11 is 0. The molecule has 30 heavy (non-hydrogen) atoms. The van der Waals surface area contributed by atoms with Crippen LogP contribution in [0.25, 0.3) is 10.9 Å². The van der Waals surface area contributed by atoms with Crippen molar-refractivity contribution in [3.05, 3.63) is 77.6 Å². The molecule has 1 aliphatic rings. The third-order valence-corrected chi connectivity index (χ3v) is 5.18. The first-order chi connectivity index (χ1) is 14.1. The lowest BCUT2D eigenvalue weighted by Gasteiger charge is -2.13. The molecular weight excluding hydrogens is 400 g/mol. The summed E-state index contributed by atoms with van der Waals surface area (Å²) in [6, 6.07) is 17.5. The smallest absolute Gasteiger partial charge is 0.270 e. The average molecular weight is 421 g/mol. The van der Waals surface area contributed by atoms with Crippen molar-refractivity contribution in [1.29, 1.82) is 0 Å². The van der Waals surface area contributed by atoms with Crippen molar-refractivity contribution in [2.45, 2.75) is 18.9 Å². The number of halogens is 1. The van der Waals surface area contributed by atoms with Crippen LogP contribution >= 0.6 is 12.4 Å². The number of H-pyrrole nitrogens is 1. The van der Waals surface area contributed by atoms with E-state index in [0.29, 0.717) is 17.2 Å². The van der Waals surface area contributed by atoms with E-state index in [2.05, 4.69) is 37.9 Å². The molecule has 0 saturated carbocycles. The van der Waals surface area contributed by atoms with Crippen molar-refractivity contribution >= 4 is 46.4 Å². The number of aromatic nitrogens is 3. The summed E-state index contributed by atoms with van der Waals surface area (Å²) < 4.78 is 0. The van der Waals surface area contributed by atoms with Crippen LogP contribution in [-0.4, -0.2) is 27.1 Å². The Bertz CT molecular complexity index is 1200. The fraction of sp³-hybridized carbons (Fsp3) is 0.136. The lowest BCUT2D eigenvalue weighted by Crippen LogP contribution is -2.35. The molecule has 0 radical (unpaired) electrons. The lowest BCUT2D eigenvalue weighted by atomic mass is 10.1. The number of carbonyl (C=O) groups excluding carboxylic acids is 1. The van der Waals surface area contributed by atoms with Crippen molar-refractivity contribution in [2.75, 3.05) is 11.1 Å². The minimum absolute atomic E-state index is 0. The molecule has 2 aromatic carbocycles. The molecule has 0 atom stereocenters. The van der Waals surface area contributed by atoms with E-state index in [1.54, 1.807) is 18.3 Å². The lowest BCUT2D eigenvalue weighted by molar-refractivity contribution is 0.0933. The number of hydrogen-bond donors (Lipinski definition) is 4. The summed E-state index contributed by atoms with van der Waals surface area (Å²) in [6.45, 7) is 0. The molecule has 5 N–H and O–H groups in total. The van der Waals surface area contributed by atoms with E-state index in [0.717, 1.165) is 29.4 Å². The molecule has 0 bridgehead atoms. The average Bonchev–Trinajstić information content (AvgIpc) is 3.33. The number of nitrogens with two attached hydrogens (primary N) is 1. The zero-order valence-electron chi connectivity index (χ0n) is 16.1. The first kappa shape index (κ1) is 19.7. The Hall–Kier alpha value is -3.58. The molecular formula is C22H21ClN6O. The van der Waals surface area contributed by atoms with E-state index in [4.69, 9.17) is 5.73 Å². The second-order valence-corrected chi connectivity index (χ2v) is 7.32. The maximum Gasteiger partial charge on any atom is 0.270 e. The van der Waals surface area contributed by atoms with Crippen LogP contribution in [0.1, 0.15) is 21.6 Å². The molecule has 4 aromatic rings. The molecule has 0 aliphatic heterocycles. The summed E-state index contributed by atoms with van der Waals surface area (Å²) in [5.41, 5.74) is 11.1.